The van der Waals surface area contributed by atoms with Crippen molar-refractivity contribution in [2.75, 3.05) is 13.1 Å². The van der Waals surface area contributed by atoms with Gasteiger partial charge in [-0.3, -0.25) is 0 Å². The van der Waals surface area contributed by atoms with Crippen LogP contribution in [0.2, 0.25) is 0 Å². The molecule has 0 bridgehead atoms. The van der Waals surface area contributed by atoms with Crippen molar-refractivity contribution < 1.29 is 0 Å². The van der Waals surface area contributed by atoms with Gasteiger partial charge in [-0.1, -0.05) is 0 Å². The topological polar surface area (TPSA) is 12.0 Å². The second-order valence-electron chi connectivity index (χ2n) is 4.35. The van der Waals surface area contributed by atoms with E-state index in [1.165, 1.54) is 24.4 Å². The minimum absolute atomic E-state index is 0.854. The van der Waals surface area contributed by atoms with Crippen LogP contribution in [-0.4, -0.2) is 13.1 Å². The van der Waals surface area contributed by atoms with Gasteiger partial charge in [0.25, 0.3) is 0 Å². The molecule has 1 N–H and O–H groups in total. The van der Waals surface area contributed by atoms with E-state index in [0.717, 1.165) is 11.8 Å². The first-order valence-corrected chi connectivity index (χ1v) is 5.88. The third-order valence-electron chi connectivity index (χ3n) is 3.68. The number of hydrogen-bond acceptors (Lipinski definition) is 2. The molecule has 70 valence electrons. The highest BCUT2D eigenvalue weighted by Gasteiger charge is 2.38. The van der Waals surface area contributed by atoms with E-state index in [9.17, 15) is 0 Å². The van der Waals surface area contributed by atoms with Crippen molar-refractivity contribution in [2.45, 2.75) is 26.2 Å². The van der Waals surface area contributed by atoms with E-state index in [1.807, 2.05) is 11.3 Å². The van der Waals surface area contributed by atoms with Crippen LogP contribution in [0.4, 0.5) is 0 Å². The molecule has 1 nitrogen and oxygen atoms in total. The van der Waals surface area contributed by atoms with Crippen molar-refractivity contribution in [3.8, 4) is 0 Å². The van der Waals surface area contributed by atoms with Crippen LogP contribution in [0.3, 0.4) is 0 Å². The molecule has 0 spiro atoms. The number of aryl methyl sites for hydroxylation is 1. The lowest BCUT2D eigenvalue weighted by atomic mass is 10.0. The number of rotatable bonds is 0. The lowest BCUT2D eigenvalue weighted by Gasteiger charge is -2.06. The maximum atomic E-state index is 3.50. The third-order valence-corrected chi connectivity index (χ3v) is 5.07. The summed E-state index contributed by atoms with van der Waals surface area (Å²) < 4.78 is 0. The van der Waals surface area contributed by atoms with Gasteiger partial charge in [0.2, 0.25) is 0 Å². The summed E-state index contributed by atoms with van der Waals surface area (Å²) in [6, 6.07) is 0. The number of nitrogens with one attached hydrogen (secondary N) is 1. The summed E-state index contributed by atoms with van der Waals surface area (Å²) in [5, 5.41) is 3.50. The number of fused-ring (bicyclic) bond motifs is 3. The zero-order valence-electron chi connectivity index (χ0n) is 8.18. The van der Waals surface area contributed by atoms with Crippen LogP contribution >= 0.6 is 11.3 Å². The van der Waals surface area contributed by atoms with Crippen molar-refractivity contribution >= 4 is 11.3 Å². The van der Waals surface area contributed by atoms with Crippen LogP contribution in [0.15, 0.2) is 0 Å². The van der Waals surface area contributed by atoms with Crippen molar-refractivity contribution in [3.05, 3.63) is 20.9 Å². The molecule has 2 heteroatoms. The van der Waals surface area contributed by atoms with Crippen molar-refractivity contribution in [2.24, 2.45) is 5.92 Å². The maximum absolute atomic E-state index is 3.50. The van der Waals surface area contributed by atoms with Gasteiger partial charge < -0.3 is 5.32 Å². The summed E-state index contributed by atoms with van der Waals surface area (Å²) in [5.74, 6) is 1.77. The van der Waals surface area contributed by atoms with Gasteiger partial charge in [-0.15, -0.1) is 11.3 Å². The Hall–Kier alpha value is -0.340. The Labute approximate surface area is 83.2 Å². The molecule has 0 aromatic carbocycles. The third kappa shape index (κ3) is 0.960. The van der Waals surface area contributed by atoms with E-state index < -0.39 is 0 Å². The molecule has 3 rings (SSSR count). The zero-order valence-corrected chi connectivity index (χ0v) is 9.00. The summed E-state index contributed by atoms with van der Waals surface area (Å²) in [4.78, 5) is 3.24. The molecular formula is C11H15NS. The standard InChI is InChI=1S/C11H15NS/c1-6-7(2)13-11-9(6)3-8-4-12-5-10(8)11/h8,10,12H,3-5H2,1-2H3. The summed E-state index contributed by atoms with van der Waals surface area (Å²) in [6.07, 6.45) is 1.34. The second-order valence-corrected chi connectivity index (χ2v) is 5.61. The Balaban J connectivity index is 2.11. The molecule has 13 heavy (non-hydrogen) atoms. The minimum Gasteiger partial charge on any atom is -0.316 e. The molecule has 2 unspecified atom stereocenters. The smallest absolute Gasteiger partial charge is 0.0130 e. The molecular weight excluding hydrogens is 178 g/mol. The van der Waals surface area contributed by atoms with Gasteiger partial charge in [-0.05, 0) is 43.9 Å². The molecule has 1 aliphatic heterocycles. The molecule has 0 radical (unpaired) electrons. The summed E-state index contributed by atoms with van der Waals surface area (Å²) in [5.41, 5.74) is 3.27. The molecule has 1 aliphatic carbocycles. The molecule has 2 aliphatic rings. The Morgan fingerprint density at radius 1 is 1.31 bits per heavy atom. The van der Waals surface area contributed by atoms with E-state index in [1.54, 1.807) is 16.0 Å². The fourth-order valence-corrected chi connectivity index (χ4v) is 4.16. The van der Waals surface area contributed by atoms with Gasteiger partial charge in [-0.2, -0.15) is 0 Å². The van der Waals surface area contributed by atoms with E-state index in [-0.39, 0.29) is 0 Å². The average molecular weight is 193 g/mol. The molecule has 0 amide bonds. The van der Waals surface area contributed by atoms with E-state index >= 15 is 0 Å². The van der Waals surface area contributed by atoms with Crippen molar-refractivity contribution in [1.82, 2.24) is 5.32 Å². The van der Waals surface area contributed by atoms with Crippen molar-refractivity contribution in [3.63, 3.8) is 0 Å². The van der Waals surface area contributed by atoms with Crippen LogP contribution < -0.4 is 5.32 Å². The van der Waals surface area contributed by atoms with Gasteiger partial charge in [-0.25, -0.2) is 0 Å². The zero-order chi connectivity index (χ0) is 9.00. The van der Waals surface area contributed by atoms with Crippen LogP contribution in [0, 0.1) is 19.8 Å². The first-order chi connectivity index (χ1) is 6.27. The first kappa shape index (κ1) is 8.01. The highest BCUT2D eigenvalue weighted by Crippen LogP contribution is 2.46. The lowest BCUT2D eigenvalue weighted by molar-refractivity contribution is 0.566. The molecule has 0 saturated carbocycles. The molecule has 1 fully saturated rings. The van der Waals surface area contributed by atoms with Gasteiger partial charge in [0, 0.05) is 22.2 Å². The SMILES string of the molecule is Cc1sc2c(c1C)CC1CNCC21. The van der Waals surface area contributed by atoms with Crippen LogP contribution in [0.1, 0.15) is 26.8 Å². The summed E-state index contributed by atoms with van der Waals surface area (Å²) >= 11 is 2.04. The van der Waals surface area contributed by atoms with Gasteiger partial charge >= 0.3 is 0 Å². The Kier molecular flexibility index (Phi) is 1.59. The molecule has 1 aromatic heterocycles. The van der Waals surface area contributed by atoms with Crippen LogP contribution in [0.5, 0.6) is 0 Å². The average Bonchev–Trinajstić information content (AvgIpc) is 2.70. The van der Waals surface area contributed by atoms with Crippen LogP contribution in [0.25, 0.3) is 0 Å². The van der Waals surface area contributed by atoms with E-state index in [2.05, 4.69) is 19.2 Å². The van der Waals surface area contributed by atoms with E-state index in [0.29, 0.717) is 0 Å². The monoisotopic (exact) mass is 193 g/mol. The van der Waals surface area contributed by atoms with Gasteiger partial charge in [0.1, 0.15) is 0 Å². The fourth-order valence-electron chi connectivity index (χ4n) is 2.77. The predicted octanol–water partition coefficient (Wildman–Crippen LogP) is 2.22. The Bertz CT molecular complexity index is 353. The number of thiophene rings is 1. The maximum Gasteiger partial charge on any atom is 0.0130 e. The molecule has 1 saturated heterocycles. The lowest BCUT2D eigenvalue weighted by Crippen LogP contribution is -2.10. The molecule has 1 aromatic rings. The molecule has 2 atom stereocenters. The second kappa shape index (κ2) is 2.58. The van der Waals surface area contributed by atoms with Gasteiger partial charge in [0.15, 0.2) is 0 Å². The highest BCUT2D eigenvalue weighted by molar-refractivity contribution is 7.12. The highest BCUT2D eigenvalue weighted by atomic mass is 32.1. The quantitative estimate of drug-likeness (QED) is 0.666. The molecule has 2 heterocycles. The van der Waals surface area contributed by atoms with Crippen LogP contribution in [-0.2, 0) is 6.42 Å². The normalized spacial score (nSPS) is 30.6. The van der Waals surface area contributed by atoms with Crippen molar-refractivity contribution in [1.29, 1.82) is 0 Å². The minimum atomic E-state index is 0.854. The fraction of sp³-hybridized carbons (Fsp3) is 0.636. The van der Waals surface area contributed by atoms with E-state index in [4.69, 9.17) is 0 Å². The summed E-state index contributed by atoms with van der Waals surface area (Å²) in [7, 11) is 0. The largest absolute Gasteiger partial charge is 0.316 e. The first-order valence-electron chi connectivity index (χ1n) is 5.07. The summed E-state index contributed by atoms with van der Waals surface area (Å²) in [6.45, 7) is 7.01. The Morgan fingerprint density at radius 2 is 2.15 bits per heavy atom. The van der Waals surface area contributed by atoms with Gasteiger partial charge in [0.05, 0.1) is 0 Å². The predicted molar refractivity (Wildman–Crippen MR) is 56.6 cm³/mol. The number of hydrogen-bond donors (Lipinski definition) is 1. The Morgan fingerprint density at radius 3 is 3.00 bits per heavy atom.